The largest absolute Gasteiger partial charge is 0.334 e. The van der Waals surface area contributed by atoms with Crippen LogP contribution in [0.25, 0.3) is 0 Å². The molecule has 1 saturated carbocycles. The molecule has 0 bridgehead atoms. The van der Waals surface area contributed by atoms with Crippen molar-refractivity contribution in [1.82, 2.24) is 0 Å². The fourth-order valence-corrected chi connectivity index (χ4v) is 10.9. The third-order valence-corrected chi connectivity index (χ3v) is 15.6. The molecule has 6 aromatic rings. The first-order valence-electron chi connectivity index (χ1n) is 25.2. The lowest BCUT2D eigenvalue weighted by atomic mass is 9.61. The maximum Gasteiger partial charge on any atom is 0.0517 e. The highest BCUT2D eigenvalue weighted by molar-refractivity contribution is 5.89. The van der Waals surface area contributed by atoms with E-state index < -0.39 is 0 Å². The van der Waals surface area contributed by atoms with E-state index in [-0.39, 0.29) is 38.0 Å². The standard InChI is InChI=1S/C64H81N3/c1-58(2,3)44-26-31-49(32-27-44)65(51-24-20-22-46(38-51)60(7,8)9)53-41-54(66(50-33-28-45(29-34-50)59(4,5)6)52-25-21-23-47(39-52)61(10,11)12)43-55(42-53)67-57-35-30-48(62(13,14)15)40-56(57)63(16)36-18-19-37-64(63,67)17/h20-35,38-43H,18-19,36-37H2,1-17H3. The predicted molar refractivity (Wildman–Crippen MR) is 292 cm³/mol. The first-order chi connectivity index (χ1) is 31.1. The summed E-state index contributed by atoms with van der Waals surface area (Å²) >= 11 is 0. The zero-order valence-corrected chi connectivity index (χ0v) is 44.4. The average Bonchev–Trinajstić information content (AvgIpc) is 3.45. The Morgan fingerprint density at radius 3 is 1.18 bits per heavy atom. The minimum absolute atomic E-state index is 0.0228. The number of hydrogen-bond donors (Lipinski definition) is 0. The first-order valence-corrected chi connectivity index (χ1v) is 25.2. The van der Waals surface area contributed by atoms with Gasteiger partial charge in [-0.05, 0) is 153 Å². The molecule has 0 spiro atoms. The number of benzene rings is 6. The molecule has 0 aromatic heterocycles. The Morgan fingerprint density at radius 2 is 0.761 bits per heavy atom. The van der Waals surface area contributed by atoms with E-state index in [1.807, 2.05) is 0 Å². The van der Waals surface area contributed by atoms with Crippen molar-refractivity contribution in [3.63, 3.8) is 0 Å². The SMILES string of the molecule is CC(C)(C)c1ccc(N(c2cc(N(c3ccc(C(C)(C)C)cc3)c3cccc(C(C)(C)C)c3)cc(N3c4ccc(C(C)(C)C)cc4C4(C)CCCCC34C)c2)c2cccc(C(C)(C)C)c2)cc1. The van der Waals surface area contributed by atoms with Crippen molar-refractivity contribution in [2.24, 2.45) is 0 Å². The van der Waals surface area contributed by atoms with Gasteiger partial charge in [0.05, 0.1) is 16.9 Å². The first kappa shape index (κ1) is 48.2. The summed E-state index contributed by atoms with van der Waals surface area (Å²) in [6.45, 7) is 39.9. The molecule has 8 rings (SSSR count). The fraction of sp³-hybridized carbons (Fsp3) is 0.438. The van der Waals surface area contributed by atoms with Gasteiger partial charge in [0.25, 0.3) is 0 Å². The number of hydrogen-bond acceptors (Lipinski definition) is 3. The van der Waals surface area contributed by atoms with E-state index in [1.165, 1.54) is 64.0 Å². The molecular formula is C64H81N3. The van der Waals surface area contributed by atoms with Gasteiger partial charge in [-0.1, -0.05) is 184 Å². The molecule has 2 atom stereocenters. The monoisotopic (exact) mass is 892 g/mol. The average molecular weight is 892 g/mol. The highest BCUT2D eigenvalue weighted by atomic mass is 15.3. The minimum atomic E-state index is -0.142. The lowest BCUT2D eigenvalue weighted by Gasteiger charge is -2.50. The highest BCUT2D eigenvalue weighted by Crippen LogP contribution is 2.62. The van der Waals surface area contributed by atoms with Gasteiger partial charge in [0, 0.05) is 39.5 Å². The third kappa shape index (κ3) is 9.10. The van der Waals surface area contributed by atoms with Crippen molar-refractivity contribution in [2.45, 2.75) is 181 Å². The number of nitrogens with zero attached hydrogens (tertiary/aromatic N) is 3. The zero-order valence-electron chi connectivity index (χ0n) is 44.4. The van der Waals surface area contributed by atoms with Crippen molar-refractivity contribution < 1.29 is 0 Å². The van der Waals surface area contributed by atoms with Crippen molar-refractivity contribution in [2.75, 3.05) is 14.7 Å². The van der Waals surface area contributed by atoms with E-state index in [9.17, 15) is 0 Å². The predicted octanol–water partition coefficient (Wildman–Crippen LogP) is 18.9. The van der Waals surface area contributed by atoms with Crippen molar-refractivity contribution in [3.05, 3.63) is 167 Å². The zero-order chi connectivity index (χ0) is 48.7. The van der Waals surface area contributed by atoms with Crippen LogP contribution in [0.5, 0.6) is 0 Å². The molecule has 352 valence electrons. The third-order valence-electron chi connectivity index (χ3n) is 15.6. The molecule has 2 unspecified atom stereocenters. The highest BCUT2D eigenvalue weighted by Gasteiger charge is 2.58. The summed E-state index contributed by atoms with van der Waals surface area (Å²) in [7, 11) is 0. The molecule has 3 heteroatoms. The van der Waals surface area contributed by atoms with Crippen LogP contribution in [0.2, 0.25) is 0 Å². The van der Waals surface area contributed by atoms with Gasteiger partial charge in [-0.3, -0.25) is 0 Å². The van der Waals surface area contributed by atoms with Gasteiger partial charge in [-0.25, -0.2) is 0 Å². The Hall–Kier alpha value is -5.28. The van der Waals surface area contributed by atoms with Gasteiger partial charge in [-0.15, -0.1) is 0 Å². The number of fused-ring (bicyclic) bond motifs is 3. The second kappa shape index (κ2) is 16.7. The molecule has 3 nitrogen and oxygen atoms in total. The molecule has 0 amide bonds. The maximum atomic E-state index is 2.78. The molecular weight excluding hydrogens is 811 g/mol. The van der Waals surface area contributed by atoms with Crippen LogP contribution in [0.3, 0.4) is 0 Å². The fourth-order valence-electron chi connectivity index (χ4n) is 10.9. The van der Waals surface area contributed by atoms with Gasteiger partial charge >= 0.3 is 0 Å². The van der Waals surface area contributed by atoms with E-state index in [2.05, 4.69) is 266 Å². The minimum Gasteiger partial charge on any atom is -0.334 e. The second-order valence-electron chi connectivity index (χ2n) is 25.7. The smallest absolute Gasteiger partial charge is 0.0517 e. The summed E-state index contributed by atoms with van der Waals surface area (Å²) in [5.41, 5.74) is 17.5. The molecule has 67 heavy (non-hydrogen) atoms. The van der Waals surface area contributed by atoms with Crippen LogP contribution >= 0.6 is 0 Å². The van der Waals surface area contributed by atoms with Crippen LogP contribution in [0.1, 0.15) is 177 Å². The van der Waals surface area contributed by atoms with E-state index in [0.29, 0.717) is 0 Å². The van der Waals surface area contributed by atoms with Crippen LogP contribution in [-0.4, -0.2) is 5.54 Å². The summed E-state index contributed by atoms with van der Waals surface area (Å²) in [5.74, 6) is 0. The van der Waals surface area contributed by atoms with E-state index >= 15 is 0 Å². The van der Waals surface area contributed by atoms with E-state index in [0.717, 1.165) is 40.5 Å². The summed E-state index contributed by atoms with van der Waals surface area (Å²) in [4.78, 5) is 7.81. The Morgan fingerprint density at radius 1 is 0.373 bits per heavy atom. The molecule has 1 fully saturated rings. The molecule has 6 aromatic carbocycles. The van der Waals surface area contributed by atoms with Crippen molar-refractivity contribution >= 4 is 45.5 Å². The molecule has 0 saturated heterocycles. The summed E-state index contributed by atoms with van der Waals surface area (Å²) in [6, 6.07) is 52.1. The van der Waals surface area contributed by atoms with E-state index in [4.69, 9.17) is 0 Å². The van der Waals surface area contributed by atoms with Gasteiger partial charge in [0.15, 0.2) is 0 Å². The maximum absolute atomic E-state index is 2.78. The number of rotatable bonds is 7. The lowest BCUT2D eigenvalue weighted by molar-refractivity contribution is 0.195. The molecule has 1 aliphatic carbocycles. The summed E-state index contributed by atoms with van der Waals surface area (Å²) in [6.07, 6.45) is 4.76. The Kier molecular flexibility index (Phi) is 12.0. The van der Waals surface area contributed by atoms with Crippen LogP contribution in [0.15, 0.2) is 133 Å². The lowest BCUT2D eigenvalue weighted by Crippen LogP contribution is -2.54. The summed E-state index contributed by atoms with van der Waals surface area (Å²) < 4.78 is 0. The van der Waals surface area contributed by atoms with E-state index in [1.54, 1.807) is 0 Å². The van der Waals surface area contributed by atoms with Crippen molar-refractivity contribution in [1.29, 1.82) is 0 Å². The number of anilines is 8. The molecule has 1 heterocycles. The van der Waals surface area contributed by atoms with Crippen molar-refractivity contribution in [3.8, 4) is 0 Å². The second-order valence-corrected chi connectivity index (χ2v) is 25.7. The molecule has 0 N–H and O–H groups in total. The van der Waals surface area contributed by atoms with Crippen LogP contribution in [-0.2, 0) is 32.5 Å². The van der Waals surface area contributed by atoms with Crippen LogP contribution < -0.4 is 14.7 Å². The van der Waals surface area contributed by atoms with Gasteiger partial charge in [0.2, 0.25) is 0 Å². The topological polar surface area (TPSA) is 9.72 Å². The quantitative estimate of drug-likeness (QED) is 0.158. The summed E-state index contributed by atoms with van der Waals surface area (Å²) in [5, 5.41) is 0. The Bertz CT molecular complexity index is 2600. The molecule has 0 radical (unpaired) electrons. The Balaban J connectivity index is 1.47. The van der Waals surface area contributed by atoms with Gasteiger partial charge < -0.3 is 14.7 Å². The molecule has 2 aliphatic rings. The van der Waals surface area contributed by atoms with Gasteiger partial charge in [0.1, 0.15) is 0 Å². The molecule has 1 aliphatic heterocycles. The van der Waals surface area contributed by atoms with Crippen LogP contribution in [0, 0.1) is 0 Å². The van der Waals surface area contributed by atoms with Crippen LogP contribution in [0.4, 0.5) is 45.5 Å². The normalized spacial score (nSPS) is 19.0. The Labute approximate surface area is 406 Å². The van der Waals surface area contributed by atoms with Gasteiger partial charge in [-0.2, -0.15) is 0 Å².